The van der Waals surface area contributed by atoms with E-state index in [0.29, 0.717) is 23.4 Å². The average molecular weight is 250 g/mol. The molecule has 0 heterocycles. The van der Waals surface area contributed by atoms with Gasteiger partial charge in [0.1, 0.15) is 11.5 Å². The fourth-order valence-corrected chi connectivity index (χ4v) is 1.74. The molecule has 0 saturated heterocycles. The number of anilines is 1. The Morgan fingerprint density at radius 3 is 2.58 bits per heavy atom. The molecular weight excluding hydrogens is 236 g/mol. The molecule has 0 unspecified atom stereocenters. The zero-order valence-electron chi connectivity index (χ0n) is 10.5. The van der Waals surface area contributed by atoms with Gasteiger partial charge in [-0.25, -0.2) is 0 Å². The highest BCUT2D eigenvalue weighted by molar-refractivity contribution is 5.50. The van der Waals surface area contributed by atoms with Gasteiger partial charge in [0.25, 0.3) is 0 Å². The van der Waals surface area contributed by atoms with Crippen LogP contribution in [0, 0.1) is 11.3 Å². The smallest absolute Gasteiger partial charge is 0.131 e. The van der Waals surface area contributed by atoms with E-state index < -0.39 is 0 Å². The summed E-state index contributed by atoms with van der Waals surface area (Å²) in [5, 5.41) is 8.75. The van der Waals surface area contributed by atoms with Crippen LogP contribution in [0.2, 0.25) is 0 Å². The second-order valence-corrected chi connectivity index (χ2v) is 4.10. The molecule has 19 heavy (non-hydrogen) atoms. The third-order valence-electron chi connectivity index (χ3n) is 2.66. The number of hydrogen-bond donors (Lipinski definition) is 1. The van der Waals surface area contributed by atoms with Gasteiger partial charge < -0.3 is 10.5 Å². The Labute approximate surface area is 112 Å². The molecule has 2 aromatic rings. The molecule has 3 nitrogen and oxygen atoms in total. The quantitative estimate of drug-likeness (QED) is 0.665. The predicted octanol–water partition coefficient (Wildman–Crippen LogP) is 3.66. The molecule has 0 spiro atoms. The van der Waals surface area contributed by atoms with E-state index in [1.807, 2.05) is 12.1 Å². The van der Waals surface area contributed by atoms with Crippen LogP contribution in [0.1, 0.15) is 11.1 Å². The first-order valence-electron chi connectivity index (χ1n) is 5.90. The van der Waals surface area contributed by atoms with Gasteiger partial charge in [-0.1, -0.05) is 6.08 Å². The maximum Gasteiger partial charge on any atom is 0.131 e. The van der Waals surface area contributed by atoms with Crippen LogP contribution in [-0.4, -0.2) is 0 Å². The van der Waals surface area contributed by atoms with Crippen molar-refractivity contribution in [3.63, 3.8) is 0 Å². The summed E-state index contributed by atoms with van der Waals surface area (Å²) in [5.74, 6) is 1.44. The monoisotopic (exact) mass is 250 g/mol. The summed E-state index contributed by atoms with van der Waals surface area (Å²) in [5.41, 5.74) is 8.05. The highest BCUT2D eigenvalue weighted by atomic mass is 16.5. The molecule has 0 amide bonds. The number of hydrogen-bond acceptors (Lipinski definition) is 3. The van der Waals surface area contributed by atoms with Gasteiger partial charge in [0.2, 0.25) is 0 Å². The lowest BCUT2D eigenvalue weighted by molar-refractivity contribution is 0.477. The molecule has 0 bridgehead atoms. The summed E-state index contributed by atoms with van der Waals surface area (Å²) in [7, 11) is 0. The Kier molecular flexibility index (Phi) is 3.84. The summed E-state index contributed by atoms with van der Waals surface area (Å²) in [6, 6.07) is 14.6. The molecule has 0 aromatic heterocycles. The Hall–Kier alpha value is -2.73. The van der Waals surface area contributed by atoms with Gasteiger partial charge in [-0.15, -0.1) is 6.58 Å². The summed E-state index contributed by atoms with van der Waals surface area (Å²) < 4.78 is 5.80. The third-order valence-corrected chi connectivity index (χ3v) is 2.66. The summed E-state index contributed by atoms with van der Waals surface area (Å²) in [4.78, 5) is 0. The van der Waals surface area contributed by atoms with Crippen LogP contribution < -0.4 is 10.5 Å². The zero-order valence-corrected chi connectivity index (χ0v) is 10.5. The van der Waals surface area contributed by atoms with E-state index in [1.54, 1.807) is 36.4 Å². The van der Waals surface area contributed by atoms with Crippen molar-refractivity contribution in [2.45, 2.75) is 6.42 Å². The van der Waals surface area contributed by atoms with Gasteiger partial charge in [-0.3, -0.25) is 0 Å². The molecule has 0 fully saturated rings. The van der Waals surface area contributed by atoms with Gasteiger partial charge >= 0.3 is 0 Å². The summed E-state index contributed by atoms with van der Waals surface area (Å²) in [6.45, 7) is 3.72. The number of rotatable bonds is 4. The largest absolute Gasteiger partial charge is 0.457 e. The van der Waals surface area contributed by atoms with Crippen molar-refractivity contribution in [1.82, 2.24) is 0 Å². The summed E-state index contributed by atoms with van der Waals surface area (Å²) >= 11 is 0. The van der Waals surface area contributed by atoms with Gasteiger partial charge in [0.05, 0.1) is 11.6 Å². The van der Waals surface area contributed by atoms with Crippen LogP contribution in [0.4, 0.5) is 5.69 Å². The van der Waals surface area contributed by atoms with Crippen molar-refractivity contribution in [3.05, 3.63) is 66.2 Å². The Morgan fingerprint density at radius 2 is 1.95 bits per heavy atom. The fraction of sp³-hybridized carbons (Fsp3) is 0.0625. The number of nitrogens with zero attached hydrogens (tertiary/aromatic N) is 1. The number of ether oxygens (including phenoxy) is 1. The first kappa shape index (κ1) is 12.7. The topological polar surface area (TPSA) is 59.0 Å². The van der Waals surface area contributed by atoms with E-state index in [-0.39, 0.29) is 0 Å². The number of nitriles is 1. The molecule has 0 aliphatic rings. The highest BCUT2D eigenvalue weighted by Crippen LogP contribution is 2.27. The highest BCUT2D eigenvalue weighted by Gasteiger charge is 2.04. The van der Waals surface area contributed by atoms with Crippen LogP contribution in [0.5, 0.6) is 11.5 Å². The predicted molar refractivity (Wildman–Crippen MR) is 76.0 cm³/mol. The molecule has 0 aliphatic heterocycles. The molecule has 0 aliphatic carbocycles. The number of benzene rings is 2. The molecule has 3 heteroatoms. The lowest BCUT2D eigenvalue weighted by Gasteiger charge is -2.11. The molecule has 2 aromatic carbocycles. The molecular formula is C16H14N2O. The van der Waals surface area contributed by atoms with Crippen molar-refractivity contribution < 1.29 is 4.74 Å². The number of nitrogens with two attached hydrogens (primary N) is 1. The maximum atomic E-state index is 8.75. The van der Waals surface area contributed by atoms with Gasteiger partial charge in [0, 0.05) is 11.3 Å². The van der Waals surface area contributed by atoms with Crippen molar-refractivity contribution >= 4 is 5.69 Å². The van der Waals surface area contributed by atoms with E-state index in [2.05, 4.69) is 12.6 Å². The number of allylic oxidation sites excluding steroid dienone is 1. The molecule has 94 valence electrons. The van der Waals surface area contributed by atoms with E-state index in [9.17, 15) is 0 Å². The first-order chi connectivity index (χ1) is 9.22. The van der Waals surface area contributed by atoms with Gasteiger partial charge in [-0.2, -0.15) is 5.26 Å². The molecule has 2 N–H and O–H groups in total. The molecule has 0 radical (unpaired) electrons. The van der Waals surface area contributed by atoms with E-state index >= 15 is 0 Å². The third kappa shape index (κ3) is 3.14. The minimum atomic E-state index is 0.607. The van der Waals surface area contributed by atoms with Crippen LogP contribution in [0.15, 0.2) is 55.1 Å². The van der Waals surface area contributed by atoms with Crippen molar-refractivity contribution in [3.8, 4) is 17.6 Å². The second-order valence-electron chi connectivity index (χ2n) is 4.10. The number of nitrogen functional groups attached to an aromatic ring is 1. The Balaban J connectivity index is 2.26. The fourth-order valence-electron chi connectivity index (χ4n) is 1.74. The lowest BCUT2D eigenvalue weighted by Crippen LogP contribution is -1.93. The maximum absolute atomic E-state index is 8.75. The van der Waals surface area contributed by atoms with Crippen LogP contribution in [-0.2, 0) is 6.42 Å². The van der Waals surface area contributed by atoms with Gasteiger partial charge in [0.15, 0.2) is 0 Å². The Morgan fingerprint density at radius 1 is 1.21 bits per heavy atom. The standard InChI is InChI=1S/C16H14N2O/c1-2-3-13-10-14(18)6-9-16(13)19-15-7-4-12(11-17)5-8-15/h2,4-10H,1,3,18H2. The minimum absolute atomic E-state index is 0.607. The average Bonchev–Trinajstić information content (AvgIpc) is 2.43. The normalized spacial score (nSPS) is 9.63. The Bertz CT molecular complexity index is 624. The van der Waals surface area contributed by atoms with Crippen LogP contribution >= 0.6 is 0 Å². The van der Waals surface area contributed by atoms with Crippen LogP contribution in [0.3, 0.4) is 0 Å². The van der Waals surface area contributed by atoms with Crippen molar-refractivity contribution in [1.29, 1.82) is 5.26 Å². The molecule has 2 rings (SSSR count). The summed E-state index contributed by atoms with van der Waals surface area (Å²) in [6.07, 6.45) is 2.50. The first-order valence-corrected chi connectivity index (χ1v) is 5.90. The van der Waals surface area contributed by atoms with Gasteiger partial charge in [-0.05, 0) is 48.9 Å². The van der Waals surface area contributed by atoms with E-state index in [0.717, 1.165) is 11.3 Å². The second kappa shape index (κ2) is 5.74. The lowest BCUT2D eigenvalue weighted by atomic mass is 10.1. The molecule has 0 atom stereocenters. The van der Waals surface area contributed by atoms with E-state index in [1.165, 1.54) is 0 Å². The van der Waals surface area contributed by atoms with Crippen LogP contribution in [0.25, 0.3) is 0 Å². The molecule has 0 saturated carbocycles. The van der Waals surface area contributed by atoms with Crippen molar-refractivity contribution in [2.75, 3.05) is 5.73 Å². The van der Waals surface area contributed by atoms with Crippen molar-refractivity contribution in [2.24, 2.45) is 0 Å². The zero-order chi connectivity index (χ0) is 13.7. The SMILES string of the molecule is C=CCc1cc(N)ccc1Oc1ccc(C#N)cc1. The van der Waals surface area contributed by atoms with E-state index in [4.69, 9.17) is 15.7 Å². The minimum Gasteiger partial charge on any atom is -0.457 e.